The zero-order valence-corrected chi connectivity index (χ0v) is 10.6. The van der Waals surface area contributed by atoms with Gasteiger partial charge in [0, 0.05) is 25.6 Å². The fourth-order valence-electron chi connectivity index (χ4n) is 2.24. The zero-order chi connectivity index (χ0) is 11.8. The predicted molar refractivity (Wildman–Crippen MR) is 67.2 cm³/mol. The molecule has 0 radical (unpaired) electrons. The van der Waals surface area contributed by atoms with Crippen LogP contribution in [0.5, 0.6) is 0 Å². The minimum absolute atomic E-state index is 0.206. The highest BCUT2D eigenvalue weighted by molar-refractivity contribution is 5.77. The Labute approximate surface area is 99.4 Å². The number of piperidine rings is 1. The molecule has 94 valence electrons. The van der Waals surface area contributed by atoms with Crippen LogP contribution < -0.4 is 5.73 Å². The number of hydrogen-bond acceptors (Lipinski definition) is 2. The molecule has 0 aromatic heterocycles. The van der Waals surface area contributed by atoms with E-state index in [1.807, 2.05) is 4.90 Å². The maximum Gasteiger partial charge on any atom is 0.222 e. The highest BCUT2D eigenvalue weighted by Gasteiger charge is 2.22. The van der Waals surface area contributed by atoms with Gasteiger partial charge in [0.2, 0.25) is 5.91 Å². The third-order valence-electron chi connectivity index (χ3n) is 3.32. The number of likely N-dealkylation sites (tertiary alicyclic amines) is 1. The molecule has 1 amide bonds. The lowest BCUT2D eigenvalue weighted by molar-refractivity contribution is -0.133. The Balaban J connectivity index is 2.05. The summed E-state index contributed by atoms with van der Waals surface area (Å²) in [5.41, 5.74) is 5.86. The van der Waals surface area contributed by atoms with Crippen LogP contribution >= 0.6 is 0 Å². The average molecular weight is 226 g/mol. The average Bonchev–Trinajstić information content (AvgIpc) is 2.28. The first-order valence-electron chi connectivity index (χ1n) is 6.77. The van der Waals surface area contributed by atoms with Crippen LogP contribution in [0.15, 0.2) is 0 Å². The van der Waals surface area contributed by atoms with Gasteiger partial charge in [-0.1, -0.05) is 39.0 Å². The Morgan fingerprint density at radius 2 is 1.94 bits per heavy atom. The van der Waals surface area contributed by atoms with Crippen molar-refractivity contribution in [2.24, 2.45) is 5.73 Å². The van der Waals surface area contributed by atoms with E-state index in [0.29, 0.717) is 12.3 Å². The van der Waals surface area contributed by atoms with Gasteiger partial charge in [-0.3, -0.25) is 4.79 Å². The Kier molecular flexibility index (Phi) is 6.46. The van der Waals surface area contributed by atoms with Crippen molar-refractivity contribution in [1.82, 2.24) is 4.90 Å². The first-order chi connectivity index (χ1) is 7.74. The Bertz CT molecular complexity index is 206. The van der Waals surface area contributed by atoms with Gasteiger partial charge in [0.25, 0.3) is 0 Å². The minimum Gasteiger partial charge on any atom is -0.341 e. The topological polar surface area (TPSA) is 46.3 Å². The van der Waals surface area contributed by atoms with Crippen LogP contribution in [0.25, 0.3) is 0 Å². The van der Waals surface area contributed by atoms with Crippen molar-refractivity contribution in [3.63, 3.8) is 0 Å². The second-order valence-corrected chi connectivity index (χ2v) is 4.91. The normalized spacial score (nSPS) is 21.5. The van der Waals surface area contributed by atoms with Gasteiger partial charge in [-0.05, 0) is 12.8 Å². The van der Waals surface area contributed by atoms with E-state index < -0.39 is 0 Å². The number of unbranched alkanes of at least 4 members (excludes halogenated alkanes) is 5. The van der Waals surface area contributed by atoms with Crippen LogP contribution in [-0.4, -0.2) is 29.9 Å². The second kappa shape index (κ2) is 7.66. The van der Waals surface area contributed by atoms with E-state index in [0.717, 1.165) is 25.9 Å². The minimum atomic E-state index is 0.206. The van der Waals surface area contributed by atoms with Gasteiger partial charge in [0.1, 0.15) is 0 Å². The van der Waals surface area contributed by atoms with Gasteiger partial charge >= 0.3 is 0 Å². The molecule has 0 aromatic rings. The molecule has 0 saturated carbocycles. The Morgan fingerprint density at radius 3 is 2.69 bits per heavy atom. The fourth-order valence-corrected chi connectivity index (χ4v) is 2.24. The molecule has 1 atom stereocenters. The van der Waals surface area contributed by atoms with Crippen molar-refractivity contribution in [2.75, 3.05) is 13.1 Å². The molecular weight excluding hydrogens is 200 g/mol. The number of rotatable bonds is 7. The van der Waals surface area contributed by atoms with Crippen LogP contribution in [0.3, 0.4) is 0 Å². The van der Waals surface area contributed by atoms with Crippen molar-refractivity contribution in [3.05, 3.63) is 0 Å². The first kappa shape index (κ1) is 13.5. The maximum atomic E-state index is 11.6. The highest BCUT2D eigenvalue weighted by atomic mass is 16.2. The molecule has 1 rings (SSSR count). The lowest BCUT2D eigenvalue weighted by Gasteiger charge is -2.30. The van der Waals surface area contributed by atoms with E-state index in [-0.39, 0.29) is 6.04 Å². The molecule has 2 N–H and O–H groups in total. The van der Waals surface area contributed by atoms with Crippen molar-refractivity contribution in [2.45, 2.75) is 64.3 Å². The molecule has 1 heterocycles. The summed E-state index contributed by atoms with van der Waals surface area (Å²) in [7, 11) is 0. The third-order valence-corrected chi connectivity index (χ3v) is 3.32. The molecule has 3 nitrogen and oxygen atoms in total. The summed E-state index contributed by atoms with van der Waals surface area (Å²) in [6.07, 6.45) is 9.18. The summed E-state index contributed by atoms with van der Waals surface area (Å²) in [6.45, 7) is 3.92. The second-order valence-electron chi connectivity index (χ2n) is 4.91. The van der Waals surface area contributed by atoms with Gasteiger partial charge in [-0.25, -0.2) is 0 Å². The molecule has 1 fully saturated rings. The summed E-state index contributed by atoms with van der Waals surface area (Å²) < 4.78 is 0. The summed E-state index contributed by atoms with van der Waals surface area (Å²) in [6, 6.07) is 0.206. The summed E-state index contributed by atoms with van der Waals surface area (Å²) >= 11 is 0. The van der Waals surface area contributed by atoms with Crippen molar-refractivity contribution in [3.8, 4) is 0 Å². The Morgan fingerprint density at radius 1 is 1.25 bits per heavy atom. The third kappa shape index (κ3) is 4.97. The molecular formula is C13H26N2O. The molecule has 0 spiro atoms. The maximum absolute atomic E-state index is 11.6. The van der Waals surface area contributed by atoms with E-state index in [1.165, 1.54) is 32.1 Å². The smallest absolute Gasteiger partial charge is 0.222 e. The van der Waals surface area contributed by atoms with Gasteiger partial charge in [0.15, 0.2) is 0 Å². The van der Waals surface area contributed by atoms with Crippen LogP contribution in [0.1, 0.15) is 58.3 Å². The summed E-state index contributed by atoms with van der Waals surface area (Å²) in [5, 5.41) is 0. The lowest BCUT2D eigenvalue weighted by atomic mass is 10.1. The predicted octanol–water partition coefficient (Wildman–Crippen LogP) is 2.30. The molecule has 1 aliphatic rings. The van der Waals surface area contributed by atoms with Gasteiger partial charge in [0.05, 0.1) is 0 Å². The fraction of sp³-hybridized carbons (Fsp3) is 0.923. The molecule has 0 aliphatic carbocycles. The molecule has 1 saturated heterocycles. The number of carbonyl (C=O) groups excluding carboxylic acids is 1. The van der Waals surface area contributed by atoms with Crippen LogP contribution in [0.2, 0.25) is 0 Å². The van der Waals surface area contributed by atoms with Crippen LogP contribution in [0, 0.1) is 0 Å². The largest absolute Gasteiger partial charge is 0.341 e. The van der Waals surface area contributed by atoms with E-state index in [9.17, 15) is 4.79 Å². The molecule has 1 unspecified atom stereocenters. The monoisotopic (exact) mass is 226 g/mol. The SMILES string of the molecule is CCCCCCCCN1CC(N)CCC1=O. The van der Waals surface area contributed by atoms with E-state index in [4.69, 9.17) is 5.73 Å². The van der Waals surface area contributed by atoms with Gasteiger partial charge in [-0.2, -0.15) is 0 Å². The zero-order valence-electron chi connectivity index (χ0n) is 10.6. The number of amides is 1. The van der Waals surface area contributed by atoms with Crippen molar-refractivity contribution < 1.29 is 4.79 Å². The number of carbonyl (C=O) groups is 1. The number of nitrogens with two attached hydrogens (primary N) is 1. The molecule has 0 bridgehead atoms. The summed E-state index contributed by atoms with van der Waals surface area (Å²) in [5.74, 6) is 0.301. The Hall–Kier alpha value is -0.570. The molecule has 16 heavy (non-hydrogen) atoms. The standard InChI is InChI=1S/C13H26N2O/c1-2-3-4-5-6-7-10-15-11-12(14)8-9-13(15)16/h12H,2-11,14H2,1H3. The van der Waals surface area contributed by atoms with Crippen LogP contribution in [0.4, 0.5) is 0 Å². The molecule has 0 aromatic carbocycles. The van der Waals surface area contributed by atoms with Gasteiger partial charge < -0.3 is 10.6 Å². The van der Waals surface area contributed by atoms with E-state index in [1.54, 1.807) is 0 Å². The lowest BCUT2D eigenvalue weighted by Crippen LogP contribution is -2.46. The van der Waals surface area contributed by atoms with Gasteiger partial charge in [-0.15, -0.1) is 0 Å². The number of nitrogens with zero attached hydrogens (tertiary/aromatic N) is 1. The van der Waals surface area contributed by atoms with E-state index in [2.05, 4.69) is 6.92 Å². The van der Waals surface area contributed by atoms with Crippen LogP contribution in [-0.2, 0) is 4.79 Å². The summed E-state index contributed by atoms with van der Waals surface area (Å²) in [4.78, 5) is 13.5. The molecule has 3 heteroatoms. The van der Waals surface area contributed by atoms with E-state index >= 15 is 0 Å². The highest BCUT2D eigenvalue weighted by Crippen LogP contribution is 2.12. The van der Waals surface area contributed by atoms with Crippen molar-refractivity contribution in [1.29, 1.82) is 0 Å². The molecule has 1 aliphatic heterocycles. The van der Waals surface area contributed by atoms with Crippen molar-refractivity contribution >= 4 is 5.91 Å². The number of hydrogen-bond donors (Lipinski definition) is 1. The first-order valence-corrected chi connectivity index (χ1v) is 6.77. The quantitative estimate of drug-likeness (QED) is 0.677.